The second-order valence-electron chi connectivity index (χ2n) is 6.18. The fraction of sp³-hybridized carbons (Fsp3) is 0.300. The van der Waals surface area contributed by atoms with E-state index in [0.717, 1.165) is 11.1 Å². The fourth-order valence-corrected chi connectivity index (χ4v) is 2.80. The molecule has 28 heavy (non-hydrogen) atoms. The number of nitrogens with zero attached hydrogens (tertiary/aromatic N) is 2. The molecule has 2 aromatic heterocycles. The van der Waals surface area contributed by atoms with Crippen molar-refractivity contribution in [3.63, 3.8) is 0 Å². The third-order valence-electron chi connectivity index (χ3n) is 4.21. The lowest BCUT2D eigenvalue weighted by Crippen LogP contribution is -2.16. The molecule has 0 aliphatic rings. The molecule has 3 aromatic rings. The molecule has 8 heteroatoms. The van der Waals surface area contributed by atoms with Crippen LogP contribution in [0.3, 0.4) is 0 Å². The monoisotopic (exact) mass is 385 g/mol. The molecule has 1 aromatic carbocycles. The number of aryl methyl sites for hydroxylation is 1. The molecule has 0 spiro atoms. The van der Waals surface area contributed by atoms with E-state index in [1.165, 1.54) is 0 Å². The Morgan fingerprint density at radius 2 is 1.93 bits per heavy atom. The van der Waals surface area contributed by atoms with Gasteiger partial charge in [0.25, 0.3) is 5.91 Å². The van der Waals surface area contributed by atoms with Crippen molar-refractivity contribution in [2.75, 3.05) is 26.6 Å². The average Bonchev–Trinajstić information content (AvgIpc) is 3.30. The summed E-state index contributed by atoms with van der Waals surface area (Å²) in [5.41, 5.74) is 1.80. The van der Waals surface area contributed by atoms with Gasteiger partial charge in [0.05, 0.1) is 27.0 Å². The van der Waals surface area contributed by atoms with Crippen molar-refractivity contribution in [2.45, 2.75) is 20.1 Å². The molecule has 0 unspecified atom stereocenters. The lowest BCUT2D eigenvalue weighted by molar-refractivity contribution is 0.0986. The highest BCUT2D eigenvalue weighted by Gasteiger charge is 2.16. The van der Waals surface area contributed by atoms with Gasteiger partial charge in [-0.1, -0.05) is 6.07 Å². The Bertz CT molecular complexity index is 961. The lowest BCUT2D eigenvalue weighted by atomic mass is 10.2. The zero-order valence-electron chi connectivity index (χ0n) is 16.3. The molecule has 3 rings (SSSR count). The van der Waals surface area contributed by atoms with Crippen LogP contribution in [-0.2, 0) is 17.9 Å². The lowest BCUT2D eigenvalue weighted by Gasteiger charge is -2.12. The van der Waals surface area contributed by atoms with Crippen LogP contribution >= 0.6 is 0 Å². The first-order valence-electron chi connectivity index (χ1n) is 8.68. The Morgan fingerprint density at radius 3 is 2.64 bits per heavy atom. The second-order valence-corrected chi connectivity index (χ2v) is 6.18. The summed E-state index contributed by atoms with van der Waals surface area (Å²) in [6.45, 7) is 2.65. The Hall–Kier alpha value is -3.26. The van der Waals surface area contributed by atoms with Gasteiger partial charge in [-0.05, 0) is 36.8 Å². The summed E-state index contributed by atoms with van der Waals surface area (Å²) in [6.07, 6.45) is 1.70. The van der Waals surface area contributed by atoms with Crippen molar-refractivity contribution < 1.29 is 23.4 Å². The number of furan rings is 1. The van der Waals surface area contributed by atoms with Gasteiger partial charge in [0.2, 0.25) is 0 Å². The summed E-state index contributed by atoms with van der Waals surface area (Å²) in [4.78, 5) is 12.5. The normalized spacial score (nSPS) is 10.7. The maximum atomic E-state index is 12.5. The smallest absolute Gasteiger partial charge is 0.292 e. The van der Waals surface area contributed by atoms with E-state index in [2.05, 4.69) is 10.4 Å². The molecule has 8 nitrogen and oxygen atoms in total. The average molecular weight is 385 g/mol. The Kier molecular flexibility index (Phi) is 6.00. The van der Waals surface area contributed by atoms with E-state index in [1.807, 2.05) is 25.1 Å². The third kappa shape index (κ3) is 4.17. The predicted molar refractivity (Wildman–Crippen MR) is 103 cm³/mol. The molecule has 2 heterocycles. The highest BCUT2D eigenvalue weighted by Crippen LogP contribution is 2.28. The molecular weight excluding hydrogens is 362 g/mol. The first-order chi connectivity index (χ1) is 13.5. The third-order valence-corrected chi connectivity index (χ3v) is 4.21. The molecule has 0 saturated carbocycles. The van der Waals surface area contributed by atoms with E-state index in [0.29, 0.717) is 36.2 Å². The number of ether oxygens (including phenoxy) is 3. The van der Waals surface area contributed by atoms with Gasteiger partial charge in [0.15, 0.2) is 17.3 Å². The van der Waals surface area contributed by atoms with Crippen molar-refractivity contribution in [2.24, 2.45) is 0 Å². The topological polar surface area (TPSA) is 87.8 Å². The highest BCUT2D eigenvalue weighted by molar-refractivity contribution is 6.02. The van der Waals surface area contributed by atoms with Crippen molar-refractivity contribution in [1.29, 1.82) is 0 Å². The van der Waals surface area contributed by atoms with Crippen LogP contribution in [0.1, 0.15) is 27.4 Å². The van der Waals surface area contributed by atoms with Gasteiger partial charge in [-0.25, -0.2) is 4.68 Å². The van der Waals surface area contributed by atoms with Crippen molar-refractivity contribution in [3.8, 4) is 11.5 Å². The molecule has 0 saturated heterocycles. The van der Waals surface area contributed by atoms with Crippen LogP contribution in [0.2, 0.25) is 0 Å². The number of benzene rings is 1. The summed E-state index contributed by atoms with van der Waals surface area (Å²) in [6, 6.07) is 8.97. The first kappa shape index (κ1) is 19.5. The standard InChI is InChI=1S/C20H23N3O5/c1-13-10-21-23(11-14-5-7-16(26-3)18(9-14)27-4)19(13)22-20(24)17-8-6-15(28-17)12-25-2/h5-10H,11-12H2,1-4H3,(H,22,24). The number of anilines is 1. The number of carbonyl (C=O) groups is 1. The summed E-state index contributed by atoms with van der Waals surface area (Å²) >= 11 is 0. The minimum absolute atomic E-state index is 0.213. The summed E-state index contributed by atoms with van der Waals surface area (Å²) in [7, 11) is 4.75. The van der Waals surface area contributed by atoms with Crippen LogP contribution < -0.4 is 14.8 Å². The number of methoxy groups -OCH3 is 3. The predicted octanol–water partition coefficient (Wildman–Crippen LogP) is 3.25. The summed E-state index contributed by atoms with van der Waals surface area (Å²) < 4.78 is 22.8. The molecule has 0 fully saturated rings. The number of rotatable bonds is 8. The minimum atomic E-state index is -0.348. The van der Waals surface area contributed by atoms with E-state index in [4.69, 9.17) is 18.6 Å². The van der Waals surface area contributed by atoms with Gasteiger partial charge >= 0.3 is 0 Å². The fourth-order valence-electron chi connectivity index (χ4n) is 2.80. The Balaban J connectivity index is 1.79. The molecular formula is C20H23N3O5. The van der Waals surface area contributed by atoms with Crippen LogP contribution in [0, 0.1) is 6.92 Å². The molecule has 148 valence electrons. The first-order valence-corrected chi connectivity index (χ1v) is 8.68. The van der Waals surface area contributed by atoms with Gasteiger partial charge < -0.3 is 23.9 Å². The van der Waals surface area contributed by atoms with Crippen LogP contribution in [0.4, 0.5) is 5.82 Å². The molecule has 1 N–H and O–H groups in total. The zero-order chi connectivity index (χ0) is 20.1. The molecule has 0 radical (unpaired) electrons. The Labute approximate surface area is 163 Å². The quantitative estimate of drug-likeness (QED) is 0.640. The van der Waals surface area contributed by atoms with Crippen LogP contribution in [0.25, 0.3) is 0 Å². The zero-order valence-corrected chi connectivity index (χ0v) is 16.3. The maximum Gasteiger partial charge on any atom is 0.292 e. The van der Waals surface area contributed by atoms with Crippen molar-refractivity contribution in [3.05, 3.63) is 59.2 Å². The number of aromatic nitrogens is 2. The number of hydrogen-bond donors (Lipinski definition) is 1. The molecule has 0 bridgehead atoms. The van der Waals surface area contributed by atoms with Gasteiger partial charge in [-0.3, -0.25) is 4.79 Å². The number of hydrogen-bond acceptors (Lipinski definition) is 6. The molecule has 1 amide bonds. The van der Waals surface area contributed by atoms with Crippen molar-refractivity contribution in [1.82, 2.24) is 9.78 Å². The van der Waals surface area contributed by atoms with Gasteiger partial charge in [-0.15, -0.1) is 0 Å². The largest absolute Gasteiger partial charge is 0.493 e. The van der Waals surface area contributed by atoms with E-state index in [-0.39, 0.29) is 11.7 Å². The highest BCUT2D eigenvalue weighted by atomic mass is 16.5. The van der Waals surface area contributed by atoms with Gasteiger partial charge in [0, 0.05) is 12.7 Å². The van der Waals surface area contributed by atoms with Crippen LogP contribution in [0.5, 0.6) is 11.5 Å². The minimum Gasteiger partial charge on any atom is -0.493 e. The molecule has 0 aliphatic heterocycles. The van der Waals surface area contributed by atoms with Crippen molar-refractivity contribution >= 4 is 11.7 Å². The summed E-state index contributed by atoms with van der Waals surface area (Å²) in [5.74, 6) is 2.34. The van der Waals surface area contributed by atoms with Gasteiger partial charge in [0.1, 0.15) is 18.2 Å². The van der Waals surface area contributed by atoms with E-state index < -0.39 is 0 Å². The SMILES string of the molecule is COCc1ccc(C(=O)Nc2c(C)cnn2Cc2ccc(OC)c(OC)c2)o1. The van der Waals surface area contributed by atoms with Gasteiger partial charge in [-0.2, -0.15) is 5.10 Å². The maximum absolute atomic E-state index is 12.5. The van der Waals surface area contributed by atoms with E-state index >= 15 is 0 Å². The molecule has 0 aliphatic carbocycles. The van der Waals surface area contributed by atoms with E-state index in [1.54, 1.807) is 44.3 Å². The van der Waals surface area contributed by atoms with E-state index in [9.17, 15) is 4.79 Å². The number of carbonyl (C=O) groups excluding carboxylic acids is 1. The van der Waals surface area contributed by atoms with Crippen LogP contribution in [-0.4, -0.2) is 37.0 Å². The second kappa shape index (κ2) is 8.62. The summed E-state index contributed by atoms with van der Waals surface area (Å²) in [5, 5.41) is 7.24. The number of amides is 1. The number of nitrogens with one attached hydrogen (secondary N) is 1. The Morgan fingerprint density at radius 1 is 1.14 bits per heavy atom. The van der Waals surface area contributed by atoms with Crippen LogP contribution in [0.15, 0.2) is 40.9 Å². The molecule has 0 atom stereocenters.